The van der Waals surface area contributed by atoms with Crippen LogP contribution in [0.3, 0.4) is 0 Å². The van der Waals surface area contributed by atoms with Crippen LogP contribution in [0.2, 0.25) is 0 Å². The number of rotatable bonds is 3. The van der Waals surface area contributed by atoms with Gasteiger partial charge in [0.05, 0.1) is 6.26 Å². The number of hydrogen-bond acceptors (Lipinski definition) is 2. The van der Waals surface area contributed by atoms with E-state index in [-0.39, 0.29) is 5.97 Å². The fraction of sp³-hybridized carbons (Fsp3) is 0.438. The Hall–Kier alpha value is -1.57. The molecular formula is C16H20O2. The molecule has 0 unspecified atom stereocenters. The number of carbonyl (C=O) groups excluding carboxylic acids is 1. The molecule has 0 amide bonds. The van der Waals surface area contributed by atoms with Crippen LogP contribution in [0, 0.1) is 0 Å². The summed E-state index contributed by atoms with van der Waals surface area (Å²) in [5.74, 6) is -0.277. The number of fused-ring (bicyclic) bond motifs is 1. The van der Waals surface area contributed by atoms with Gasteiger partial charge in [0, 0.05) is 6.92 Å². The van der Waals surface area contributed by atoms with Gasteiger partial charge in [-0.2, -0.15) is 0 Å². The van der Waals surface area contributed by atoms with E-state index in [4.69, 9.17) is 4.74 Å². The lowest BCUT2D eigenvalue weighted by Gasteiger charge is -2.19. The SMILES string of the molecule is CC(=O)O/C=C/Cc1ccc2c(c1)C(C)(C)CC2. The van der Waals surface area contributed by atoms with Crippen LogP contribution in [0.15, 0.2) is 30.5 Å². The number of benzene rings is 1. The predicted octanol–water partition coefficient (Wildman–Crippen LogP) is 3.53. The van der Waals surface area contributed by atoms with Crippen LogP contribution in [0.5, 0.6) is 0 Å². The lowest BCUT2D eigenvalue weighted by Crippen LogP contribution is -2.12. The van der Waals surface area contributed by atoms with Gasteiger partial charge in [0.1, 0.15) is 0 Å². The zero-order valence-electron chi connectivity index (χ0n) is 11.3. The molecule has 2 rings (SSSR count). The van der Waals surface area contributed by atoms with Crippen molar-refractivity contribution in [1.29, 1.82) is 0 Å². The highest BCUT2D eigenvalue weighted by molar-refractivity contribution is 5.66. The van der Waals surface area contributed by atoms with Gasteiger partial charge in [-0.15, -0.1) is 0 Å². The fourth-order valence-electron chi connectivity index (χ4n) is 2.51. The monoisotopic (exact) mass is 244 g/mol. The van der Waals surface area contributed by atoms with Gasteiger partial charge in [-0.1, -0.05) is 32.0 Å². The van der Waals surface area contributed by atoms with Crippen LogP contribution < -0.4 is 0 Å². The van der Waals surface area contributed by atoms with Crippen molar-refractivity contribution in [3.8, 4) is 0 Å². The summed E-state index contributed by atoms with van der Waals surface area (Å²) < 4.78 is 4.78. The first-order chi connectivity index (χ1) is 8.49. The molecule has 0 fully saturated rings. The number of hydrogen-bond donors (Lipinski definition) is 0. The fourth-order valence-corrected chi connectivity index (χ4v) is 2.51. The van der Waals surface area contributed by atoms with Crippen molar-refractivity contribution in [3.63, 3.8) is 0 Å². The highest BCUT2D eigenvalue weighted by Gasteiger charge is 2.29. The quantitative estimate of drug-likeness (QED) is 0.600. The third-order valence-corrected chi connectivity index (χ3v) is 3.61. The van der Waals surface area contributed by atoms with Crippen molar-refractivity contribution < 1.29 is 9.53 Å². The van der Waals surface area contributed by atoms with Gasteiger partial charge in [-0.3, -0.25) is 4.79 Å². The second kappa shape index (κ2) is 4.97. The maximum absolute atomic E-state index is 10.6. The minimum atomic E-state index is -0.277. The molecule has 0 aromatic heterocycles. The molecule has 0 saturated carbocycles. The van der Waals surface area contributed by atoms with E-state index >= 15 is 0 Å². The van der Waals surface area contributed by atoms with Gasteiger partial charge in [-0.25, -0.2) is 0 Å². The second-order valence-corrected chi connectivity index (χ2v) is 5.56. The largest absolute Gasteiger partial charge is 0.435 e. The summed E-state index contributed by atoms with van der Waals surface area (Å²) in [6, 6.07) is 6.69. The summed E-state index contributed by atoms with van der Waals surface area (Å²) in [5.41, 5.74) is 4.52. The molecule has 1 aromatic rings. The van der Waals surface area contributed by atoms with E-state index in [1.807, 2.05) is 6.08 Å². The summed E-state index contributed by atoms with van der Waals surface area (Å²) in [4.78, 5) is 10.6. The van der Waals surface area contributed by atoms with Crippen molar-refractivity contribution in [2.24, 2.45) is 0 Å². The van der Waals surface area contributed by atoms with Crippen LogP contribution in [0.25, 0.3) is 0 Å². The van der Waals surface area contributed by atoms with Crippen molar-refractivity contribution >= 4 is 5.97 Å². The lowest BCUT2D eigenvalue weighted by atomic mass is 9.85. The van der Waals surface area contributed by atoms with Crippen LogP contribution in [0.4, 0.5) is 0 Å². The second-order valence-electron chi connectivity index (χ2n) is 5.56. The topological polar surface area (TPSA) is 26.3 Å². The Bertz CT molecular complexity index is 484. The number of allylic oxidation sites excluding steroid dienone is 1. The van der Waals surface area contributed by atoms with Gasteiger partial charge in [0.2, 0.25) is 0 Å². The van der Waals surface area contributed by atoms with Crippen LogP contribution in [-0.4, -0.2) is 5.97 Å². The number of esters is 1. The highest BCUT2D eigenvalue weighted by Crippen LogP contribution is 2.38. The highest BCUT2D eigenvalue weighted by atomic mass is 16.5. The Labute approximate surface area is 109 Å². The lowest BCUT2D eigenvalue weighted by molar-refractivity contribution is -0.135. The van der Waals surface area contributed by atoms with E-state index in [9.17, 15) is 4.79 Å². The first-order valence-electron chi connectivity index (χ1n) is 6.43. The minimum absolute atomic E-state index is 0.277. The molecule has 1 aromatic carbocycles. The van der Waals surface area contributed by atoms with Crippen LogP contribution in [-0.2, 0) is 27.8 Å². The maximum atomic E-state index is 10.6. The van der Waals surface area contributed by atoms with Gasteiger partial charge in [0.15, 0.2) is 0 Å². The Morgan fingerprint density at radius 1 is 1.44 bits per heavy atom. The first-order valence-corrected chi connectivity index (χ1v) is 6.43. The van der Waals surface area contributed by atoms with E-state index in [0.717, 1.165) is 6.42 Å². The van der Waals surface area contributed by atoms with Crippen LogP contribution in [0.1, 0.15) is 43.9 Å². The van der Waals surface area contributed by atoms with E-state index in [1.165, 1.54) is 42.7 Å². The number of aryl methyl sites for hydroxylation is 1. The van der Waals surface area contributed by atoms with Gasteiger partial charge in [-0.05, 0) is 47.4 Å². The normalized spacial score (nSPS) is 16.8. The molecule has 0 atom stereocenters. The molecule has 1 aliphatic rings. The average Bonchev–Trinajstić information content (AvgIpc) is 2.61. The van der Waals surface area contributed by atoms with Gasteiger partial charge in [0.25, 0.3) is 0 Å². The molecule has 18 heavy (non-hydrogen) atoms. The molecule has 1 aliphatic carbocycles. The molecule has 0 spiro atoms. The van der Waals surface area contributed by atoms with Crippen molar-refractivity contribution in [2.75, 3.05) is 0 Å². The van der Waals surface area contributed by atoms with Crippen molar-refractivity contribution in [1.82, 2.24) is 0 Å². The molecule has 0 aliphatic heterocycles. The van der Waals surface area contributed by atoms with Crippen LogP contribution >= 0.6 is 0 Å². The Kier molecular flexibility index (Phi) is 3.55. The standard InChI is InChI=1S/C16H20O2/c1-12(17)18-10-4-5-13-6-7-14-8-9-16(2,3)15(14)11-13/h4,6-7,10-11H,5,8-9H2,1-3H3/b10-4+. The van der Waals surface area contributed by atoms with E-state index < -0.39 is 0 Å². The molecule has 0 bridgehead atoms. The van der Waals surface area contributed by atoms with Gasteiger partial charge < -0.3 is 4.74 Å². The summed E-state index contributed by atoms with van der Waals surface area (Å²) in [6.45, 7) is 6.01. The summed E-state index contributed by atoms with van der Waals surface area (Å²) in [5, 5.41) is 0. The number of ether oxygens (including phenoxy) is 1. The molecular weight excluding hydrogens is 224 g/mol. The molecule has 0 N–H and O–H groups in total. The van der Waals surface area contributed by atoms with Crippen molar-refractivity contribution in [2.45, 2.75) is 45.4 Å². The molecule has 0 radical (unpaired) electrons. The Morgan fingerprint density at radius 2 is 2.22 bits per heavy atom. The molecule has 2 heteroatoms. The maximum Gasteiger partial charge on any atom is 0.307 e. The third kappa shape index (κ3) is 2.81. The minimum Gasteiger partial charge on any atom is -0.435 e. The molecule has 0 saturated heterocycles. The first kappa shape index (κ1) is 12.9. The van der Waals surface area contributed by atoms with Gasteiger partial charge >= 0.3 is 5.97 Å². The van der Waals surface area contributed by atoms with E-state index in [0.29, 0.717) is 5.41 Å². The zero-order chi connectivity index (χ0) is 13.2. The molecule has 2 nitrogen and oxygen atoms in total. The summed E-state index contributed by atoms with van der Waals surface area (Å²) in [6.07, 6.45) is 6.57. The molecule has 0 heterocycles. The third-order valence-electron chi connectivity index (χ3n) is 3.61. The average molecular weight is 244 g/mol. The Balaban J connectivity index is 2.08. The van der Waals surface area contributed by atoms with Crippen molar-refractivity contribution in [3.05, 3.63) is 47.2 Å². The smallest absolute Gasteiger partial charge is 0.307 e. The Morgan fingerprint density at radius 3 is 2.94 bits per heavy atom. The number of carbonyl (C=O) groups is 1. The summed E-state index contributed by atoms with van der Waals surface area (Å²) in [7, 11) is 0. The summed E-state index contributed by atoms with van der Waals surface area (Å²) >= 11 is 0. The predicted molar refractivity (Wildman–Crippen MR) is 72.4 cm³/mol. The molecule has 96 valence electrons. The van der Waals surface area contributed by atoms with E-state index in [1.54, 1.807) is 0 Å². The zero-order valence-corrected chi connectivity index (χ0v) is 11.3. The van der Waals surface area contributed by atoms with E-state index in [2.05, 4.69) is 32.0 Å².